The van der Waals surface area contributed by atoms with Crippen LogP contribution < -0.4 is 31.3 Å². The third kappa shape index (κ3) is 4.32. The van der Waals surface area contributed by atoms with Gasteiger partial charge in [0.1, 0.15) is 16.7 Å². The van der Waals surface area contributed by atoms with E-state index in [2.05, 4.69) is 0 Å². The van der Waals surface area contributed by atoms with Crippen LogP contribution in [0, 0.1) is 7.14 Å². The molecule has 2 aromatic heterocycles. The van der Waals surface area contributed by atoms with Crippen LogP contribution in [-0.2, 0) is 12.6 Å². The summed E-state index contributed by atoms with van der Waals surface area (Å²) in [7, 11) is -5.98. The number of para-hydroxylation sites is 1. The molecule has 0 unspecified atom stereocenters. The van der Waals surface area contributed by atoms with Crippen LogP contribution in [0.4, 0.5) is 13.2 Å². The molecule has 5 aromatic rings. The Hall–Kier alpha value is -3.23. The molecule has 0 saturated carbocycles. The van der Waals surface area contributed by atoms with Gasteiger partial charge in [0.15, 0.2) is 7.14 Å². The van der Waals surface area contributed by atoms with Crippen molar-refractivity contribution < 1.29 is 53.2 Å². The number of hydrogen-bond donors (Lipinski definition) is 0. The number of fused-ring (bicyclic) bond motifs is 3. The van der Waals surface area contributed by atoms with E-state index < -0.39 is 46.9 Å². The molecule has 5 rings (SSSR count). The van der Waals surface area contributed by atoms with Crippen molar-refractivity contribution in [3.8, 4) is 0 Å². The molecule has 0 atom stereocenters. The third-order valence-corrected chi connectivity index (χ3v) is 11.9. The maximum Gasteiger partial charge on any atom is 0.526 e. The molecule has 0 aliphatic carbocycles. The molecule has 0 N–H and O–H groups in total. The second kappa shape index (κ2) is 8.46. The fourth-order valence-corrected chi connectivity index (χ4v) is 9.89. The number of hydrogen-bond acceptors (Lipinski definition) is 7. The van der Waals surface area contributed by atoms with Crippen LogP contribution in [0.15, 0.2) is 91.2 Å². The molecule has 0 aliphatic rings. The summed E-state index contributed by atoms with van der Waals surface area (Å²) in [5, 5.41) is 0.797. The van der Waals surface area contributed by atoms with E-state index in [4.69, 9.17) is 11.3 Å². The predicted molar refractivity (Wildman–Crippen MR) is 116 cm³/mol. The van der Waals surface area contributed by atoms with Gasteiger partial charge in [-0.2, -0.15) is 21.6 Å². The monoisotopic (exact) mass is 616 g/mol. The molecule has 0 bridgehead atoms. The number of benzene rings is 3. The van der Waals surface area contributed by atoms with E-state index in [1.165, 1.54) is 48.5 Å². The molecule has 1 radical (unpaired) electrons. The van der Waals surface area contributed by atoms with Crippen molar-refractivity contribution in [1.29, 1.82) is 0 Å². The molecule has 0 fully saturated rings. The van der Waals surface area contributed by atoms with Gasteiger partial charge < -0.3 is 8.83 Å². The van der Waals surface area contributed by atoms with Crippen molar-refractivity contribution in [1.82, 2.24) is 0 Å². The standard InChI is InChI=1S/C23H12F3IO7S/c24-23(25,26)35(30,31)34-27(15-7-5-13-6-10-21(28)33-20(13)12-15)14-8-9-19-17(11-14)22(29)16-3-1-2-4-18(16)32-19/h1-12H/q+1. The topological polar surface area (TPSA) is 104 Å². The number of halogens is 4. The Labute approximate surface area is 201 Å². The van der Waals surface area contributed by atoms with Crippen LogP contribution in [0.5, 0.6) is 0 Å². The summed E-state index contributed by atoms with van der Waals surface area (Å²) in [5.41, 5.74) is -6.21. The SMILES string of the molecule is O=c1ccc2ccc([I+](OS(=O)(=O)C(F)(F)F)c3ccc4oc5ccccc5c(=O)c4c3)cc2o1. The molecular weight excluding hydrogens is 604 g/mol. The van der Waals surface area contributed by atoms with Gasteiger partial charge in [-0.05, 0) is 45.0 Å². The fourth-order valence-electron chi connectivity index (χ4n) is 3.34. The van der Waals surface area contributed by atoms with E-state index in [0.29, 0.717) is 11.0 Å². The first kappa shape index (κ1) is 23.5. The summed E-state index contributed by atoms with van der Waals surface area (Å²) < 4.78 is 79.4. The van der Waals surface area contributed by atoms with Crippen molar-refractivity contribution >= 4 is 43.0 Å². The van der Waals surface area contributed by atoms with E-state index in [1.54, 1.807) is 24.3 Å². The minimum atomic E-state index is -5.98. The first-order valence-electron chi connectivity index (χ1n) is 9.74. The van der Waals surface area contributed by atoms with Crippen molar-refractivity contribution in [3.63, 3.8) is 0 Å². The minimum Gasteiger partial charge on any atom is -0.456 e. The van der Waals surface area contributed by atoms with Gasteiger partial charge in [0, 0.05) is 23.6 Å². The van der Waals surface area contributed by atoms with Gasteiger partial charge in [-0.25, -0.2) is 4.79 Å². The van der Waals surface area contributed by atoms with Gasteiger partial charge in [0.05, 0.1) is 10.8 Å². The van der Waals surface area contributed by atoms with E-state index in [9.17, 15) is 31.2 Å². The maximum atomic E-state index is 13.2. The third-order valence-electron chi connectivity index (χ3n) is 4.95. The van der Waals surface area contributed by atoms with Crippen molar-refractivity contribution in [2.24, 2.45) is 0 Å². The van der Waals surface area contributed by atoms with Crippen LogP contribution in [0.2, 0.25) is 0 Å². The summed E-state index contributed by atoms with van der Waals surface area (Å²) in [4.78, 5) is 24.6. The molecule has 179 valence electrons. The maximum absolute atomic E-state index is 13.2. The Bertz CT molecular complexity index is 1840. The lowest BCUT2D eigenvalue weighted by Gasteiger charge is -2.09. The number of rotatable bonds is 4. The largest absolute Gasteiger partial charge is 0.526 e. The first-order chi connectivity index (χ1) is 16.5. The van der Waals surface area contributed by atoms with Crippen molar-refractivity contribution in [2.75, 3.05) is 0 Å². The Balaban J connectivity index is 1.73. The van der Waals surface area contributed by atoms with Gasteiger partial charge in [-0.1, -0.05) is 12.1 Å². The molecular formula is C23H12F3IO7S+. The molecule has 7 nitrogen and oxygen atoms in total. The molecule has 0 saturated heterocycles. The van der Waals surface area contributed by atoms with E-state index in [1.807, 2.05) is 0 Å². The Morgan fingerprint density at radius 2 is 1.40 bits per heavy atom. The van der Waals surface area contributed by atoms with Crippen molar-refractivity contribution in [2.45, 2.75) is 5.51 Å². The van der Waals surface area contributed by atoms with Crippen LogP contribution >= 0.6 is 0 Å². The lowest BCUT2D eigenvalue weighted by molar-refractivity contribution is -1.03. The van der Waals surface area contributed by atoms with Gasteiger partial charge in [-0.15, -0.1) is 0 Å². The molecule has 0 amide bonds. The van der Waals surface area contributed by atoms with E-state index in [0.717, 1.165) is 0 Å². The second-order valence-electron chi connectivity index (χ2n) is 7.22. The Morgan fingerprint density at radius 1 is 0.743 bits per heavy atom. The average molecular weight is 616 g/mol. The van der Waals surface area contributed by atoms with E-state index >= 15 is 0 Å². The predicted octanol–water partition coefficient (Wildman–Crippen LogP) is 1.50. The van der Waals surface area contributed by atoms with Crippen LogP contribution in [-0.4, -0.2) is 13.9 Å². The Kier molecular flexibility index (Phi) is 5.68. The summed E-state index contributed by atoms with van der Waals surface area (Å²) in [5.74, 6) is 0. The molecule has 3 aromatic carbocycles. The van der Waals surface area contributed by atoms with Crippen LogP contribution in [0.25, 0.3) is 32.9 Å². The van der Waals surface area contributed by atoms with Crippen LogP contribution in [0.1, 0.15) is 0 Å². The van der Waals surface area contributed by atoms with Gasteiger partial charge in [0.25, 0.3) is 0 Å². The van der Waals surface area contributed by atoms with Gasteiger partial charge in [-0.3, -0.25) is 4.79 Å². The molecule has 0 aliphatic heterocycles. The lowest BCUT2D eigenvalue weighted by atomic mass is 10.1. The minimum absolute atomic E-state index is 0.0524. The zero-order valence-corrected chi connectivity index (χ0v) is 20.2. The number of alkyl halides is 3. The first-order valence-corrected chi connectivity index (χ1v) is 14.2. The fraction of sp³-hybridized carbons (Fsp3) is 0.0435. The lowest BCUT2D eigenvalue weighted by Crippen LogP contribution is -3.85. The molecule has 2 heterocycles. The molecule has 12 heteroatoms. The highest BCUT2D eigenvalue weighted by Crippen LogP contribution is 2.23. The Morgan fingerprint density at radius 3 is 2.17 bits per heavy atom. The summed E-state index contributed by atoms with van der Waals surface area (Å²) in [6, 6.07) is 17.3. The smallest absolute Gasteiger partial charge is 0.456 e. The second-order valence-corrected chi connectivity index (χ2v) is 13.7. The summed E-state index contributed by atoms with van der Waals surface area (Å²) in [6.45, 7) is 0. The summed E-state index contributed by atoms with van der Waals surface area (Å²) >= 11 is -3.87. The normalized spacial score (nSPS) is 12.7. The van der Waals surface area contributed by atoms with Gasteiger partial charge >= 0.3 is 41.5 Å². The average Bonchev–Trinajstić information content (AvgIpc) is 2.81. The highest BCUT2D eigenvalue weighted by molar-refractivity contribution is 7.87. The highest BCUT2D eigenvalue weighted by Gasteiger charge is 2.54. The van der Waals surface area contributed by atoms with Crippen molar-refractivity contribution in [3.05, 3.63) is 101 Å². The highest BCUT2D eigenvalue weighted by atomic mass is 127. The van der Waals surface area contributed by atoms with Crippen LogP contribution in [0.3, 0.4) is 0 Å². The van der Waals surface area contributed by atoms with E-state index in [-0.39, 0.29) is 29.1 Å². The molecule has 35 heavy (non-hydrogen) atoms. The van der Waals surface area contributed by atoms with Gasteiger partial charge in [0.2, 0.25) is 5.43 Å². The zero-order chi connectivity index (χ0) is 25.0. The zero-order valence-electron chi connectivity index (χ0n) is 17.2. The quantitative estimate of drug-likeness (QED) is 0.131. The summed E-state index contributed by atoms with van der Waals surface area (Å²) in [6.07, 6.45) is 0. The molecule has 0 spiro atoms.